The number of halogens is 5. The molecule has 2 nitrogen and oxygen atoms in total. The number of rotatable bonds is 3. The van der Waals surface area contributed by atoms with E-state index in [1.54, 1.807) is 24.3 Å². The summed E-state index contributed by atoms with van der Waals surface area (Å²) >= 11 is 12.0. The van der Waals surface area contributed by atoms with Crippen molar-refractivity contribution in [3.05, 3.63) is 64.7 Å². The standard InChI is InChI=1S/C15H10Cl2F3NO/c16-12-4-2-1-3-11(12)13(17)14(22)21-10-7-5-9(6-8-10)15(18,19)20/h1-8,13H,(H,21,22)/t13-/m0/s1. The number of carbonyl (C=O) groups excluding carboxylic acids is 1. The summed E-state index contributed by atoms with van der Waals surface area (Å²) in [6.07, 6.45) is -4.42. The van der Waals surface area contributed by atoms with E-state index in [0.717, 1.165) is 24.3 Å². The van der Waals surface area contributed by atoms with Crippen molar-refractivity contribution in [2.45, 2.75) is 11.6 Å². The average molecular weight is 348 g/mol. The molecular weight excluding hydrogens is 338 g/mol. The largest absolute Gasteiger partial charge is 0.416 e. The maximum absolute atomic E-state index is 12.5. The molecule has 0 aromatic heterocycles. The van der Waals surface area contributed by atoms with Crippen LogP contribution in [-0.4, -0.2) is 5.91 Å². The lowest BCUT2D eigenvalue weighted by Gasteiger charge is -2.13. The normalized spacial score (nSPS) is 12.8. The first-order valence-electron chi connectivity index (χ1n) is 6.15. The fraction of sp³-hybridized carbons (Fsp3) is 0.133. The van der Waals surface area contributed by atoms with Gasteiger partial charge in [0.25, 0.3) is 0 Å². The van der Waals surface area contributed by atoms with Gasteiger partial charge < -0.3 is 5.32 Å². The zero-order chi connectivity index (χ0) is 16.3. The van der Waals surface area contributed by atoms with Gasteiger partial charge in [0, 0.05) is 10.7 Å². The minimum absolute atomic E-state index is 0.218. The second-order valence-electron chi connectivity index (χ2n) is 4.45. The molecule has 0 aliphatic heterocycles. The van der Waals surface area contributed by atoms with E-state index in [4.69, 9.17) is 23.2 Å². The highest BCUT2D eigenvalue weighted by molar-refractivity contribution is 6.36. The predicted molar refractivity (Wildman–Crippen MR) is 80.1 cm³/mol. The van der Waals surface area contributed by atoms with Crippen LogP contribution in [0.2, 0.25) is 5.02 Å². The molecule has 116 valence electrons. The molecule has 22 heavy (non-hydrogen) atoms. The monoisotopic (exact) mass is 347 g/mol. The van der Waals surface area contributed by atoms with E-state index in [1.807, 2.05) is 0 Å². The van der Waals surface area contributed by atoms with Gasteiger partial charge in [-0.05, 0) is 35.9 Å². The third-order valence-corrected chi connectivity index (χ3v) is 3.67. The SMILES string of the molecule is O=C(Nc1ccc(C(F)(F)F)cc1)[C@@H](Cl)c1ccccc1Cl. The summed E-state index contributed by atoms with van der Waals surface area (Å²) in [4.78, 5) is 12.0. The molecule has 2 rings (SSSR count). The summed E-state index contributed by atoms with van der Waals surface area (Å²) in [7, 11) is 0. The number of benzene rings is 2. The lowest BCUT2D eigenvalue weighted by Crippen LogP contribution is -2.17. The number of anilines is 1. The second-order valence-corrected chi connectivity index (χ2v) is 5.29. The molecule has 0 radical (unpaired) electrons. The van der Waals surface area contributed by atoms with Crippen molar-refractivity contribution < 1.29 is 18.0 Å². The maximum Gasteiger partial charge on any atom is 0.416 e. The Hall–Kier alpha value is -1.72. The first-order chi connectivity index (χ1) is 10.3. The molecule has 7 heteroatoms. The zero-order valence-electron chi connectivity index (χ0n) is 11.0. The van der Waals surface area contributed by atoms with Gasteiger partial charge >= 0.3 is 6.18 Å². The molecule has 1 amide bonds. The van der Waals surface area contributed by atoms with E-state index in [0.29, 0.717) is 10.6 Å². The molecule has 0 unspecified atom stereocenters. The van der Waals surface area contributed by atoms with E-state index < -0.39 is 23.0 Å². The number of nitrogens with one attached hydrogen (secondary N) is 1. The van der Waals surface area contributed by atoms with Gasteiger partial charge in [-0.2, -0.15) is 13.2 Å². The molecule has 1 atom stereocenters. The van der Waals surface area contributed by atoms with Gasteiger partial charge in [0.15, 0.2) is 0 Å². The maximum atomic E-state index is 12.5. The van der Waals surface area contributed by atoms with Gasteiger partial charge in [-0.25, -0.2) is 0 Å². The molecule has 0 spiro atoms. The molecule has 1 N–H and O–H groups in total. The van der Waals surface area contributed by atoms with Gasteiger partial charge in [0.1, 0.15) is 5.38 Å². The Bertz CT molecular complexity index is 671. The predicted octanol–water partition coefficient (Wildman–Crippen LogP) is 5.28. The van der Waals surface area contributed by atoms with E-state index >= 15 is 0 Å². The molecule has 0 aliphatic rings. The van der Waals surface area contributed by atoms with Crippen LogP contribution in [0.25, 0.3) is 0 Å². The Kier molecular flexibility index (Phi) is 4.98. The molecule has 2 aromatic rings. The highest BCUT2D eigenvalue weighted by atomic mass is 35.5. The lowest BCUT2D eigenvalue weighted by atomic mass is 10.1. The van der Waals surface area contributed by atoms with E-state index in [1.165, 1.54) is 0 Å². The van der Waals surface area contributed by atoms with Gasteiger partial charge in [-0.15, -0.1) is 11.6 Å². The molecule has 0 saturated heterocycles. The van der Waals surface area contributed by atoms with Crippen molar-refractivity contribution in [1.82, 2.24) is 0 Å². The number of carbonyl (C=O) groups is 1. The van der Waals surface area contributed by atoms with Crippen molar-refractivity contribution in [2.75, 3.05) is 5.32 Å². The lowest BCUT2D eigenvalue weighted by molar-refractivity contribution is -0.137. The van der Waals surface area contributed by atoms with Crippen molar-refractivity contribution >= 4 is 34.8 Å². The quantitative estimate of drug-likeness (QED) is 0.752. The molecule has 0 aliphatic carbocycles. The minimum Gasteiger partial charge on any atom is -0.325 e. The Morgan fingerprint density at radius 1 is 1.05 bits per heavy atom. The highest BCUT2D eigenvalue weighted by Gasteiger charge is 2.30. The summed E-state index contributed by atoms with van der Waals surface area (Å²) < 4.78 is 37.4. The number of hydrogen-bond donors (Lipinski definition) is 1. The van der Waals surface area contributed by atoms with Crippen LogP contribution in [-0.2, 0) is 11.0 Å². The summed E-state index contributed by atoms with van der Waals surface area (Å²) in [6.45, 7) is 0. The highest BCUT2D eigenvalue weighted by Crippen LogP contribution is 2.31. The zero-order valence-corrected chi connectivity index (χ0v) is 12.5. The number of alkyl halides is 4. The Morgan fingerprint density at radius 2 is 1.64 bits per heavy atom. The molecule has 0 saturated carbocycles. The molecule has 2 aromatic carbocycles. The van der Waals surface area contributed by atoms with Crippen LogP contribution < -0.4 is 5.32 Å². The Labute approximate surface area is 134 Å². The fourth-order valence-electron chi connectivity index (χ4n) is 1.77. The molecule has 0 heterocycles. The first-order valence-corrected chi connectivity index (χ1v) is 6.97. The summed E-state index contributed by atoms with van der Waals surface area (Å²) in [5, 5.41) is 1.74. The van der Waals surface area contributed by atoms with Crippen LogP contribution in [0.15, 0.2) is 48.5 Å². The Morgan fingerprint density at radius 3 is 2.18 bits per heavy atom. The number of hydrogen-bond acceptors (Lipinski definition) is 1. The second kappa shape index (κ2) is 6.58. The summed E-state index contributed by atoms with van der Waals surface area (Å²) in [5.41, 5.74) is -0.148. The average Bonchev–Trinajstić information content (AvgIpc) is 2.46. The van der Waals surface area contributed by atoms with Crippen LogP contribution in [0, 0.1) is 0 Å². The van der Waals surface area contributed by atoms with Crippen LogP contribution in [0.1, 0.15) is 16.5 Å². The Balaban J connectivity index is 2.10. The van der Waals surface area contributed by atoms with Gasteiger partial charge in [-0.1, -0.05) is 29.8 Å². The van der Waals surface area contributed by atoms with Gasteiger partial charge in [-0.3, -0.25) is 4.79 Å². The van der Waals surface area contributed by atoms with E-state index in [2.05, 4.69) is 5.32 Å². The summed E-state index contributed by atoms with van der Waals surface area (Å²) in [5.74, 6) is -0.575. The van der Waals surface area contributed by atoms with E-state index in [-0.39, 0.29) is 5.69 Å². The van der Waals surface area contributed by atoms with Crippen molar-refractivity contribution in [1.29, 1.82) is 0 Å². The van der Waals surface area contributed by atoms with Crippen molar-refractivity contribution in [3.8, 4) is 0 Å². The van der Waals surface area contributed by atoms with Gasteiger partial charge in [0.05, 0.1) is 5.56 Å². The fourth-order valence-corrected chi connectivity index (χ4v) is 2.32. The third kappa shape index (κ3) is 3.93. The topological polar surface area (TPSA) is 29.1 Å². The van der Waals surface area contributed by atoms with Crippen LogP contribution in [0.3, 0.4) is 0 Å². The van der Waals surface area contributed by atoms with E-state index in [9.17, 15) is 18.0 Å². The van der Waals surface area contributed by atoms with Crippen molar-refractivity contribution in [3.63, 3.8) is 0 Å². The smallest absolute Gasteiger partial charge is 0.325 e. The molecular formula is C15H10Cl2F3NO. The molecule has 0 bridgehead atoms. The van der Waals surface area contributed by atoms with Crippen LogP contribution in [0.4, 0.5) is 18.9 Å². The molecule has 0 fully saturated rings. The number of amides is 1. The van der Waals surface area contributed by atoms with Crippen LogP contribution in [0.5, 0.6) is 0 Å². The van der Waals surface area contributed by atoms with Crippen molar-refractivity contribution in [2.24, 2.45) is 0 Å². The summed E-state index contributed by atoms with van der Waals surface area (Å²) in [6, 6.07) is 10.7. The third-order valence-electron chi connectivity index (χ3n) is 2.89. The first kappa shape index (κ1) is 16.6. The minimum atomic E-state index is -4.42. The van der Waals surface area contributed by atoms with Crippen LogP contribution >= 0.6 is 23.2 Å². The van der Waals surface area contributed by atoms with Gasteiger partial charge in [0.2, 0.25) is 5.91 Å².